The van der Waals surface area contributed by atoms with Gasteiger partial charge in [-0.25, -0.2) is 9.37 Å². The Balaban J connectivity index is 2.67. The smallest absolute Gasteiger partial charge is 0.267 e. The largest absolute Gasteiger partial charge is 0.496 e. The molecule has 0 aliphatic rings. The normalized spacial score (nSPS) is 10.3. The molecule has 1 aromatic carbocycles. The second kappa shape index (κ2) is 5.24. The van der Waals surface area contributed by atoms with Gasteiger partial charge in [0.2, 0.25) is 0 Å². The van der Waals surface area contributed by atoms with Crippen LogP contribution in [0, 0.1) is 5.82 Å². The SMILES string of the molecule is COc1ccc(F)cc1-c1cc(C(N)=O)ncc1Cl. The van der Waals surface area contributed by atoms with Crippen molar-refractivity contribution in [3.05, 3.63) is 47.0 Å². The number of pyridine rings is 1. The Morgan fingerprint density at radius 3 is 2.74 bits per heavy atom. The summed E-state index contributed by atoms with van der Waals surface area (Å²) in [7, 11) is 1.46. The fourth-order valence-electron chi connectivity index (χ4n) is 1.67. The van der Waals surface area contributed by atoms with E-state index in [9.17, 15) is 9.18 Å². The topological polar surface area (TPSA) is 65.2 Å². The minimum atomic E-state index is -0.687. The summed E-state index contributed by atoms with van der Waals surface area (Å²) in [6.45, 7) is 0. The minimum Gasteiger partial charge on any atom is -0.496 e. The molecule has 0 saturated carbocycles. The first kappa shape index (κ1) is 13.3. The highest BCUT2D eigenvalue weighted by Gasteiger charge is 2.14. The molecular weight excluding hydrogens is 271 g/mol. The average Bonchev–Trinajstić information content (AvgIpc) is 2.39. The summed E-state index contributed by atoms with van der Waals surface area (Å²) >= 11 is 6.02. The molecular formula is C13H10ClFN2O2. The fourth-order valence-corrected chi connectivity index (χ4v) is 1.88. The highest BCUT2D eigenvalue weighted by atomic mass is 35.5. The molecule has 98 valence electrons. The summed E-state index contributed by atoms with van der Waals surface area (Å²) in [6.07, 6.45) is 1.29. The number of benzene rings is 1. The molecule has 6 heteroatoms. The molecule has 0 aliphatic heterocycles. The lowest BCUT2D eigenvalue weighted by Gasteiger charge is -2.10. The second-order valence-corrected chi connectivity index (χ2v) is 4.17. The number of carbonyl (C=O) groups excluding carboxylic acids is 1. The van der Waals surface area contributed by atoms with Crippen LogP contribution >= 0.6 is 11.6 Å². The average molecular weight is 281 g/mol. The molecule has 19 heavy (non-hydrogen) atoms. The molecule has 1 aromatic heterocycles. The summed E-state index contributed by atoms with van der Waals surface area (Å²) < 4.78 is 18.5. The molecule has 0 spiro atoms. The van der Waals surface area contributed by atoms with E-state index in [-0.39, 0.29) is 10.7 Å². The Hall–Kier alpha value is -2.14. The van der Waals surface area contributed by atoms with Gasteiger partial charge in [0.15, 0.2) is 0 Å². The van der Waals surface area contributed by atoms with E-state index in [1.807, 2.05) is 0 Å². The number of amides is 1. The van der Waals surface area contributed by atoms with Crippen LogP contribution in [-0.2, 0) is 0 Å². The maximum absolute atomic E-state index is 13.4. The lowest BCUT2D eigenvalue weighted by molar-refractivity contribution is 0.0995. The molecule has 2 N–H and O–H groups in total. The van der Waals surface area contributed by atoms with E-state index in [0.717, 1.165) is 0 Å². The Kier molecular flexibility index (Phi) is 3.66. The summed E-state index contributed by atoms with van der Waals surface area (Å²) in [4.78, 5) is 14.9. The Bertz CT molecular complexity index is 647. The fraction of sp³-hybridized carbons (Fsp3) is 0.0769. The first-order valence-electron chi connectivity index (χ1n) is 5.32. The van der Waals surface area contributed by atoms with Crippen LogP contribution < -0.4 is 10.5 Å². The van der Waals surface area contributed by atoms with Crippen molar-refractivity contribution in [2.75, 3.05) is 7.11 Å². The third-order valence-electron chi connectivity index (χ3n) is 2.56. The van der Waals surface area contributed by atoms with E-state index in [2.05, 4.69) is 4.98 Å². The molecule has 4 nitrogen and oxygen atoms in total. The van der Waals surface area contributed by atoms with Gasteiger partial charge in [0.25, 0.3) is 5.91 Å². The number of hydrogen-bond acceptors (Lipinski definition) is 3. The van der Waals surface area contributed by atoms with Crippen molar-refractivity contribution in [2.24, 2.45) is 5.73 Å². The van der Waals surface area contributed by atoms with E-state index >= 15 is 0 Å². The first-order valence-corrected chi connectivity index (χ1v) is 5.70. The van der Waals surface area contributed by atoms with Crippen LogP contribution in [0.25, 0.3) is 11.1 Å². The van der Waals surface area contributed by atoms with E-state index in [4.69, 9.17) is 22.1 Å². The summed E-state index contributed by atoms with van der Waals surface area (Å²) in [5, 5.41) is 0.272. The number of ether oxygens (including phenoxy) is 1. The second-order valence-electron chi connectivity index (χ2n) is 3.76. The maximum Gasteiger partial charge on any atom is 0.267 e. The van der Waals surface area contributed by atoms with Crippen LogP contribution in [0.5, 0.6) is 5.75 Å². The molecule has 0 bridgehead atoms. The number of hydrogen-bond donors (Lipinski definition) is 1. The van der Waals surface area contributed by atoms with E-state index in [0.29, 0.717) is 16.9 Å². The maximum atomic E-state index is 13.4. The predicted octanol–water partition coefficient (Wildman–Crippen LogP) is 2.65. The van der Waals surface area contributed by atoms with Gasteiger partial charge in [-0.1, -0.05) is 11.6 Å². The number of rotatable bonds is 3. The number of nitrogens with two attached hydrogens (primary N) is 1. The van der Waals surface area contributed by atoms with Crippen LogP contribution in [0.2, 0.25) is 5.02 Å². The lowest BCUT2D eigenvalue weighted by atomic mass is 10.0. The van der Waals surface area contributed by atoms with Gasteiger partial charge in [0.05, 0.1) is 12.1 Å². The summed E-state index contributed by atoms with van der Waals surface area (Å²) in [6, 6.07) is 5.42. The molecule has 2 rings (SSSR count). The monoisotopic (exact) mass is 280 g/mol. The summed E-state index contributed by atoms with van der Waals surface area (Å²) in [5.41, 5.74) is 6.07. The standard InChI is InChI=1S/C13H10ClFN2O2/c1-19-12-3-2-7(15)4-9(12)8-5-11(13(16)18)17-6-10(8)14/h2-6H,1H3,(H2,16,18). The number of methoxy groups -OCH3 is 1. The van der Waals surface area contributed by atoms with Gasteiger partial charge in [-0.2, -0.15) is 0 Å². The predicted molar refractivity (Wildman–Crippen MR) is 69.7 cm³/mol. The van der Waals surface area contributed by atoms with Crippen LogP contribution in [0.1, 0.15) is 10.5 Å². The van der Waals surface area contributed by atoms with Crippen molar-refractivity contribution in [1.29, 1.82) is 0 Å². The quantitative estimate of drug-likeness (QED) is 0.940. The Morgan fingerprint density at radius 2 is 2.11 bits per heavy atom. The Morgan fingerprint density at radius 1 is 1.37 bits per heavy atom. The van der Waals surface area contributed by atoms with Crippen LogP contribution in [0.4, 0.5) is 4.39 Å². The lowest BCUT2D eigenvalue weighted by Crippen LogP contribution is -2.13. The van der Waals surface area contributed by atoms with E-state index in [1.54, 1.807) is 0 Å². The molecule has 0 atom stereocenters. The van der Waals surface area contributed by atoms with Crippen molar-refractivity contribution in [3.63, 3.8) is 0 Å². The summed E-state index contributed by atoms with van der Waals surface area (Å²) in [5.74, 6) is -0.692. The van der Waals surface area contributed by atoms with Crippen molar-refractivity contribution in [3.8, 4) is 16.9 Å². The molecule has 0 radical (unpaired) electrons. The van der Waals surface area contributed by atoms with Gasteiger partial charge in [-0.15, -0.1) is 0 Å². The molecule has 0 fully saturated rings. The number of nitrogens with zero attached hydrogens (tertiary/aromatic N) is 1. The van der Waals surface area contributed by atoms with Gasteiger partial charge >= 0.3 is 0 Å². The number of primary amides is 1. The van der Waals surface area contributed by atoms with Gasteiger partial charge in [-0.3, -0.25) is 4.79 Å². The molecule has 0 unspecified atom stereocenters. The van der Waals surface area contributed by atoms with Gasteiger partial charge < -0.3 is 10.5 Å². The van der Waals surface area contributed by atoms with Crippen LogP contribution in [0.15, 0.2) is 30.5 Å². The zero-order valence-corrected chi connectivity index (χ0v) is 10.7. The van der Waals surface area contributed by atoms with Crippen molar-refractivity contribution >= 4 is 17.5 Å². The zero-order valence-electron chi connectivity index (χ0n) is 9.98. The van der Waals surface area contributed by atoms with Crippen molar-refractivity contribution in [1.82, 2.24) is 4.98 Å². The molecule has 2 aromatic rings. The zero-order chi connectivity index (χ0) is 14.0. The van der Waals surface area contributed by atoms with Gasteiger partial charge in [0.1, 0.15) is 17.3 Å². The first-order chi connectivity index (χ1) is 9.02. The highest BCUT2D eigenvalue weighted by Crippen LogP contribution is 2.35. The third kappa shape index (κ3) is 2.66. The van der Waals surface area contributed by atoms with E-state index < -0.39 is 11.7 Å². The molecule has 1 heterocycles. The number of aromatic nitrogens is 1. The molecule has 0 saturated heterocycles. The Labute approximate surface area is 114 Å². The van der Waals surface area contributed by atoms with Gasteiger partial charge in [-0.05, 0) is 24.3 Å². The van der Waals surface area contributed by atoms with Crippen LogP contribution in [-0.4, -0.2) is 18.0 Å². The third-order valence-corrected chi connectivity index (χ3v) is 2.86. The van der Waals surface area contributed by atoms with Crippen molar-refractivity contribution < 1.29 is 13.9 Å². The minimum absolute atomic E-state index is 0.0470. The van der Waals surface area contributed by atoms with Crippen molar-refractivity contribution in [2.45, 2.75) is 0 Å². The van der Waals surface area contributed by atoms with Gasteiger partial charge in [0, 0.05) is 17.3 Å². The molecule has 1 amide bonds. The van der Waals surface area contributed by atoms with Crippen LogP contribution in [0.3, 0.4) is 0 Å². The number of carbonyl (C=O) groups is 1. The highest BCUT2D eigenvalue weighted by molar-refractivity contribution is 6.33. The molecule has 0 aliphatic carbocycles. The number of halogens is 2. The van der Waals surface area contributed by atoms with E-state index in [1.165, 1.54) is 37.6 Å².